The van der Waals surface area contributed by atoms with E-state index in [0.717, 1.165) is 28.2 Å². The molecule has 4 rings (SSSR count). The number of anilines is 5. The number of aromatic nitrogens is 2. The van der Waals surface area contributed by atoms with Crippen molar-refractivity contribution >= 4 is 69.5 Å². The quantitative estimate of drug-likeness (QED) is 0.526. The van der Waals surface area contributed by atoms with Crippen LogP contribution in [0, 0.1) is 6.92 Å². The fraction of sp³-hybridized carbons (Fsp3) is 0.211. The molecule has 1 aliphatic heterocycles. The highest BCUT2D eigenvalue weighted by molar-refractivity contribution is 7.15. The number of nitrogens with zero attached hydrogens (tertiary/aromatic N) is 3. The molecule has 0 saturated heterocycles. The molecule has 1 aliphatic rings. The second-order valence-corrected chi connectivity index (χ2v) is 8.34. The highest BCUT2D eigenvalue weighted by atomic mass is 35.5. The molecular weight excluding hydrogens is 433 g/mol. The van der Waals surface area contributed by atoms with Gasteiger partial charge in [0.15, 0.2) is 5.82 Å². The minimum atomic E-state index is -0.356. The zero-order chi connectivity index (χ0) is 20.5. The molecule has 29 heavy (non-hydrogen) atoms. The third-order valence-electron chi connectivity index (χ3n) is 4.54. The molecule has 0 aliphatic carbocycles. The fourth-order valence-electron chi connectivity index (χ4n) is 2.92. The molecule has 0 saturated carbocycles. The smallest absolute Gasteiger partial charge is 0.414 e. The molecule has 0 fully saturated rings. The Labute approximate surface area is 181 Å². The van der Waals surface area contributed by atoms with Gasteiger partial charge in [-0.1, -0.05) is 23.2 Å². The van der Waals surface area contributed by atoms with E-state index < -0.39 is 0 Å². The summed E-state index contributed by atoms with van der Waals surface area (Å²) in [5.74, 6) is 0.875. The van der Waals surface area contributed by atoms with Gasteiger partial charge >= 0.3 is 6.09 Å². The predicted octanol–water partition coefficient (Wildman–Crippen LogP) is 5.77. The molecule has 0 unspecified atom stereocenters. The van der Waals surface area contributed by atoms with Crippen molar-refractivity contribution < 1.29 is 9.53 Å². The first kappa shape index (κ1) is 19.8. The van der Waals surface area contributed by atoms with Crippen molar-refractivity contribution in [2.45, 2.75) is 13.3 Å². The van der Waals surface area contributed by atoms with Crippen LogP contribution in [0.5, 0.6) is 0 Å². The standard InChI is InChI=1S/C19H17Cl2N5O2S/c1-10-14(9-29-16(10)21)24-17-13(20)8-22-18(25-17)23-12-3-4-15-11(7-12)5-6-28-19(27)26(15)2/h3-4,7-9H,5-6H2,1-2H3,(H2,22,23,24,25). The van der Waals surface area contributed by atoms with Crippen LogP contribution in [0.25, 0.3) is 0 Å². The average Bonchev–Trinajstić information content (AvgIpc) is 2.94. The topological polar surface area (TPSA) is 79.4 Å². The Hall–Kier alpha value is -2.55. The SMILES string of the molecule is Cc1c(Nc2nc(Nc3ccc4c(c3)CCOC(=O)N4C)ncc2Cl)csc1Cl. The molecule has 2 N–H and O–H groups in total. The molecule has 1 amide bonds. The maximum atomic E-state index is 11.8. The lowest BCUT2D eigenvalue weighted by Crippen LogP contribution is -2.25. The molecule has 0 bridgehead atoms. The highest BCUT2D eigenvalue weighted by Crippen LogP contribution is 2.34. The van der Waals surface area contributed by atoms with Gasteiger partial charge in [-0.25, -0.2) is 9.78 Å². The number of hydrogen-bond acceptors (Lipinski definition) is 7. The number of rotatable bonds is 4. The van der Waals surface area contributed by atoms with Gasteiger partial charge in [0.05, 0.1) is 28.5 Å². The van der Waals surface area contributed by atoms with Gasteiger partial charge in [0.1, 0.15) is 5.02 Å². The van der Waals surface area contributed by atoms with Crippen molar-refractivity contribution in [2.75, 3.05) is 29.2 Å². The van der Waals surface area contributed by atoms with Gasteiger partial charge in [-0.2, -0.15) is 4.98 Å². The molecule has 0 spiro atoms. The molecule has 10 heteroatoms. The normalized spacial score (nSPS) is 13.5. The van der Waals surface area contributed by atoms with E-state index in [4.69, 9.17) is 27.9 Å². The summed E-state index contributed by atoms with van der Waals surface area (Å²) < 4.78 is 5.88. The van der Waals surface area contributed by atoms with Gasteiger partial charge in [-0.15, -0.1) is 11.3 Å². The van der Waals surface area contributed by atoms with E-state index in [1.54, 1.807) is 7.05 Å². The lowest BCUT2D eigenvalue weighted by molar-refractivity contribution is 0.159. The molecule has 7 nitrogen and oxygen atoms in total. The number of halogens is 2. The minimum absolute atomic E-state index is 0.341. The highest BCUT2D eigenvalue weighted by Gasteiger charge is 2.20. The summed E-state index contributed by atoms with van der Waals surface area (Å²) in [6.45, 7) is 2.27. The van der Waals surface area contributed by atoms with E-state index in [2.05, 4.69) is 20.6 Å². The number of cyclic esters (lactones) is 1. The number of hydrogen-bond donors (Lipinski definition) is 2. The van der Waals surface area contributed by atoms with E-state index in [1.807, 2.05) is 30.5 Å². The Balaban J connectivity index is 1.58. The van der Waals surface area contributed by atoms with Crippen LogP contribution in [0.4, 0.5) is 33.6 Å². The lowest BCUT2D eigenvalue weighted by Gasteiger charge is -2.17. The van der Waals surface area contributed by atoms with Gasteiger partial charge < -0.3 is 15.4 Å². The Bertz CT molecular complexity index is 1090. The summed E-state index contributed by atoms with van der Waals surface area (Å²) in [6, 6.07) is 5.69. The first-order valence-corrected chi connectivity index (χ1v) is 10.4. The van der Waals surface area contributed by atoms with Crippen LogP contribution in [0.2, 0.25) is 9.36 Å². The minimum Gasteiger partial charge on any atom is -0.449 e. The zero-order valence-corrected chi connectivity index (χ0v) is 18.0. The number of amides is 1. The first-order valence-electron chi connectivity index (χ1n) is 8.76. The molecular formula is C19H17Cl2N5O2S. The Kier molecular flexibility index (Phi) is 5.49. The van der Waals surface area contributed by atoms with Crippen LogP contribution in [0.1, 0.15) is 11.1 Å². The van der Waals surface area contributed by atoms with Gasteiger partial charge in [-0.3, -0.25) is 4.90 Å². The van der Waals surface area contributed by atoms with Crippen molar-refractivity contribution in [1.82, 2.24) is 9.97 Å². The third kappa shape index (κ3) is 4.10. The summed E-state index contributed by atoms with van der Waals surface area (Å²) in [4.78, 5) is 22.1. The average molecular weight is 450 g/mol. The zero-order valence-electron chi connectivity index (χ0n) is 15.6. The van der Waals surface area contributed by atoms with Crippen molar-refractivity contribution in [3.05, 3.63) is 50.3 Å². The van der Waals surface area contributed by atoms with Crippen LogP contribution in [-0.2, 0) is 11.2 Å². The Morgan fingerprint density at radius 1 is 1.28 bits per heavy atom. The second kappa shape index (κ2) is 8.06. The van der Waals surface area contributed by atoms with Crippen molar-refractivity contribution in [1.29, 1.82) is 0 Å². The largest absolute Gasteiger partial charge is 0.449 e. The van der Waals surface area contributed by atoms with Crippen LogP contribution >= 0.6 is 34.5 Å². The summed E-state index contributed by atoms with van der Waals surface area (Å²) in [6.07, 6.45) is 1.81. The van der Waals surface area contributed by atoms with Gasteiger partial charge in [0.2, 0.25) is 5.95 Å². The van der Waals surface area contributed by atoms with Crippen LogP contribution in [-0.4, -0.2) is 29.7 Å². The van der Waals surface area contributed by atoms with Crippen LogP contribution in [0.3, 0.4) is 0 Å². The molecule has 3 heterocycles. The van der Waals surface area contributed by atoms with E-state index in [1.165, 1.54) is 22.4 Å². The summed E-state index contributed by atoms with van der Waals surface area (Å²) in [7, 11) is 1.69. The maximum absolute atomic E-state index is 11.8. The van der Waals surface area contributed by atoms with Crippen LogP contribution < -0.4 is 15.5 Å². The number of nitrogens with one attached hydrogen (secondary N) is 2. The monoisotopic (exact) mass is 449 g/mol. The van der Waals surface area contributed by atoms with Gasteiger partial charge in [0, 0.05) is 30.1 Å². The molecule has 150 valence electrons. The lowest BCUT2D eigenvalue weighted by atomic mass is 10.1. The Morgan fingerprint density at radius 2 is 2.10 bits per heavy atom. The molecule has 0 radical (unpaired) electrons. The van der Waals surface area contributed by atoms with E-state index in [-0.39, 0.29) is 6.09 Å². The summed E-state index contributed by atoms with van der Waals surface area (Å²) in [5.41, 5.74) is 4.41. The van der Waals surface area contributed by atoms with E-state index in [9.17, 15) is 4.79 Å². The van der Waals surface area contributed by atoms with E-state index >= 15 is 0 Å². The second-order valence-electron chi connectivity index (χ2n) is 6.46. The van der Waals surface area contributed by atoms with Crippen molar-refractivity contribution in [3.8, 4) is 0 Å². The number of carbonyl (C=O) groups excluding carboxylic acids is 1. The molecule has 2 aromatic heterocycles. The summed E-state index contributed by atoms with van der Waals surface area (Å²) >= 11 is 13.8. The number of fused-ring (bicyclic) bond motifs is 1. The fourth-order valence-corrected chi connectivity index (χ4v) is 4.04. The number of ether oxygens (including phenoxy) is 1. The number of thiophene rings is 1. The predicted molar refractivity (Wildman–Crippen MR) is 118 cm³/mol. The van der Waals surface area contributed by atoms with Gasteiger partial charge in [-0.05, 0) is 30.7 Å². The Morgan fingerprint density at radius 3 is 2.86 bits per heavy atom. The van der Waals surface area contributed by atoms with Crippen molar-refractivity contribution in [3.63, 3.8) is 0 Å². The van der Waals surface area contributed by atoms with Crippen LogP contribution in [0.15, 0.2) is 29.8 Å². The third-order valence-corrected chi connectivity index (χ3v) is 6.24. The number of benzene rings is 1. The number of carbonyl (C=O) groups is 1. The molecule has 3 aromatic rings. The maximum Gasteiger partial charge on any atom is 0.414 e. The molecule has 1 aromatic carbocycles. The first-order chi connectivity index (χ1) is 13.9. The summed E-state index contributed by atoms with van der Waals surface area (Å²) in [5, 5.41) is 8.70. The van der Waals surface area contributed by atoms with Crippen molar-refractivity contribution in [2.24, 2.45) is 0 Å². The molecule has 0 atom stereocenters. The van der Waals surface area contributed by atoms with E-state index in [0.29, 0.717) is 34.2 Å². The van der Waals surface area contributed by atoms with Gasteiger partial charge in [0.25, 0.3) is 0 Å².